The second kappa shape index (κ2) is 5.67. The molecule has 0 amide bonds. The molecule has 0 radical (unpaired) electrons. The standard InChI is InChI=1S/C15H10F4O3/c1-22-13-7-8(2-3-12(13)16)9-4-10(14(20)21)6-11(5-9)15(17,18)19/h2-7H,1H3,(H,20,21). The number of rotatable bonds is 3. The van der Waals surface area contributed by atoms with E-state index in [9.17, 15) is 22.4 Å². The van der Waals surface area contributed by atoms with Crippen LogP contribution in [0.2, 0.25) is 0 Å². The number of carbonyl (C=O) groups is 1. The van der Waals surface area contributed by atoms with E-state index in [1.807, 2.05) is 0 Å². The second-order valence-electron chi connectivity index (χ2n) is 4.45. The Kier molecular flexibility index (Phi) is 4.07. The van der Waals surface area contributed by atoms with Gasteiger partial charge in [-0.15, -0.1) is 0 Å². The number of halogens is 4. The summed E-state index contributed by atoms with van der Waals surface area (Å²) in [4.78, 5) is 11.0. The summed E-state index contributed by atoms with van der Waals surface area (Å²) in [6.45, 7) is 0. The Labute approximate surface area is 122 Å². The molecule has 7 heteroatoms. The zero-order valence-corrected chi connectivity index (χ0v) is 11.2. The lowest BCUT2D eigenvalue weighted by molar-refractivity contribution is -0.137. The van der Waals surface area contributed by atoms with Crippen LogP contribution in [-0.4, -0.2) is 18.2 Å². The van der Waals surface area contributed by atoms with Crippen LogP contribution in [0.5, 0.6) is 5.75 Å². The summed E-state index contributed by atoms with van der Waals surface area (Å²) in [5, 5.41) is 8.94. The molecule has 3 nitrogen and oxygen atoms in total. The summed E-state index contributed by atoms with van der Waals surface area (Å²) in [6.07, 6.45) is -4.69. The van der Waals surface area contributed by atoms with Crippen molar-refractivity contribution >= 4 is 5.97 Å². The van der Waals surface area contributed by atoms with Gasteiger partial charge in [0.25, 0.3) is 0 Å². The van der Waals surface area contributed by atoms with E-state index in [0.717, 1.165) is 18.2 Å². The van der Waals surface area contributed by atoms with Crippen LogP contribution in [0.1, 0.15) is 15.9 Å². The van der Waals surface area contributed by atoms with Gasteiger partial charge < -0.3 is 9.84 Å². The molecule has 2 aromatic rings. The molecule has 0 aliphatic carbocycles. The summed E-state index contributed by atoms with van der Waals surface area (Å²) in [5.41, 5.74) is -1.38. The molecule has 2 aromatic carbocycles. The molecule has 0 aliphatic heterocycles. The van der Waals surface area contributed by atoms with Gasteiger partial charge in [0.15, 0.2) is 11.6 Å². The van der Waals surface area contributed by atoms with E-state index < -0.39 is 29.1 Å². The minimum Gasteiger partial charge on any atom is -0.494 e. The average molecular weight is 314 g/mol. The smallest absolute Gasteiger partial charge is 0.416 e. The predicted octanol–water partition coefficient (Wildman–Crippen LogP) is 4.22. The molecule has 0 spiro atoms. The highest BCUT2D eigenvalue weighted by Crippen LogP contribution is 2.34. The van der Waals surface area contributed by atoms with Crippen LogP contribution in [-0.2, 0) is 6.18 Å². The first-order valence-electron chi connectivity index (χ1n) is 6.02. The molecule has 0 fully saturated rings. The number of carboxylic acid groups (broad SMARTS) is 1. The Hall–Kier alpha value is -2.57. The quantitative estimate of drug-likeness (QED) is 0.863. The molecular weight excluding hydrogens is 304 g/mol. The molecule has 0 aromatic heterocycles. The van der Waals surface area contributed by atoms with Gasteiger partial charge >= 0.3 is 12.1 Å². The number of methoxy groups -OCH3 is 1. The van der Waals surface area contributed by atoms with Crippen molar-refractivity contribution in [3.8, 4) is 16.9 Å². The first-order valence-corrected chi connectivity index (χ1v) is 6.02. The molecule has 22 heavy (non-hydrogen) atoms. The monoisotopic (exact) mass is 314 g/mol. The van der Waals surface area contributed by atoms with Crippen molar-refractivity contribution in [1.29, 1.82) is 0 Å². The third kappa shape index (κ3) is 3.19. The Bertz CT molecular complexity index is 723. The van der Waals surface area contributed by atoms with Crippen molar-refractivity contribution < 1.29 is 32.2 Å². The van der Waals surface area contributed by atoms with Gasteiger partial charge in [0, 0.05) is 0 Å². The molecular formula is C15H10F4O3. The molecule has 0 aliphatic rings. The highest BCUT2D eigenvalue weighted by molar-refractivity contribution is 5.90. The van der Waals surface area contributed by atoms with Gasteiger partial charge in [-0.05, 0) is 41.5 Å². The predicted molar refractivity (Wildman–Crippen MR) is 70.3 cm³/mol. The fraction of sp³-hybridized carbons (Fsp3) is 0.133. The van der Waals surface area contributed by atoms with E-state index in [1.165, 1.54) is 19.2 Å². The lowest BCUT2D eigenvalue weighted by Gasteiger charge is -2.12. The normalized spacial score (nSPS) is 11.3. The molecule has 2 rings (SSSR count). The van der Waals surface area contributed by atoms with Gasteiger partial charge in [-0.25, -0.2) is 9.18 Å². The molecule has 1 N–H and O–H groups in total. The lowest BCUT2D eigenvalue weighted by atomic mass is 9.99. The van der Waals surface area contributed by atoms with Gasteiger partial charge in [-0.1, -0.05) is 6.07 Å². The summed E-state index contributed by atoms with van der Waals surface area (Å²) < 4.78 is 56.7. The fourth-order valence-corrected chi connectivity index (χ4v) is 1.92. The molecule has 0 heterocycles. The number of carboxylic acids is 1. The number of alkyl halides is 3. The van der Waals surface area contributed by atoms with Crippen molar-refractivity contribution in [2.75, 3.05) is 7.11 Å². The zero-order chi connectivity index (χ0) is 16.5. The lowest BCUT2D eigenvalue weighted by Crippen LogP contribution is -2.08. The highest BCUT2D eigenvalue weighted by Gasteiger charge is 2.32. The average Bonchev–Trinajstić information content (AvgIpc) is 2.46. The largest absolute Gasteiger partial charge is 0.494 e. The Morgan fingerprint density at radius 2 is 1.77 bits per heavy atom. The van der Waals surface area contributed by atoms with Gasteiger partial charge in [-0.3, -0.25) is 0 Å². The van der Waals surface area contributed by atoms with E-state index in [0.29, 0.717) is 6.07 Å². The van der Waals surface area contributed by atoms with Crippen LogP contribution in [0.3, 0.4) is 0 Å². The third-order valence-electron chi connectivity index (χ3n) is 2.99. The SMILES string of the molecule is COc1cc(-c2cc(C(=O)O)cc(C(F)(F)F)c2)ccc1F. The Morgan fingerprint density at radius 3 is 2.32 bits per heavy atom. The van der Waals surface area contributed by atoms with Crippen molar-refractivity contribution in [2.45, 2.75) is 6.18 Å². The number of hydrogen-bond donors (Lipinski definition) is 1. The summed E-state index contributed by atoms with van der Waals surface area (Å²) in [7, 11) is 1.22. The first-order chi connectivity index (χ1) is 10.2. The minimum absolute atomic E-state index is 0.00512. The van der Waals surface area contributed by atoms with Gasteiger partial charge in [0.05, 0.1) is 18.2 Å². The molecule has 0 saturated heterocycles. The number of ether oxygens (including phenoxy) is 1. The maximum atomic E-state index is 13.4. The van der Waals surface area contributed by atoms with Crippen LogP contribution in [0.15, 0.2) is 36.4 Å². The molecule has 0 unspecified atom stereocenters. The number of hydrogen-bond acceptors (Lipinski definition) is 2. The van der Waals surface area contributed by atoms with E-state index in [-0.39, 0.29) is 16.9 Å². The van der Waals surface area contributed by atoms with Gasteiger partial charge in [-0.2, -0.15) is 13.2 Å². The highest BCUT2D eigenvalue weighted by atomic mass is 19.4. The maximum absolute atomic E-state index is 13.4. The van der Waals surface area contributed by atoms with E-state index in [4.69, 9.17) is 9.84 Å². The van der Waals surface area contributed by atoms with E-state index >= 15 is 0 Å². The molecule has 0 atom stereocenters. The Balaban J connectivity index is 2.64. The van der Waals surface area contributed by atoms with Crippen LogP contribution in [0.4, 0.5) is 17.6 Å². The van der Waals surface area contributed by atoms with E-state index in [1.54, 1.807) is 0 Å². The third-order valence-corrected chi connectivity index (χ3v) is 2.99. The summed E-state index contributed by atoms with van der Waals surface area (Å²) in [5.74, 6) is -2.30. The number of aromatic carboxylic acids is 1. The van der Waals surface area contributed by atoms with Gasteiger partial charge in [0.2, 0.25) is 0 Å². The summed E-state index contributed by atoms with van der Waals surface area (Å²) in [6, 6.07) is 5.93. The van der Waals surface area contributed by atoms with Crippen LogP contribution >= 0.6 is 0 Å². The number of benzene rings is 2. The summed E-state index contributed by atoms with van der Waals surface area (Å²) >= 11 is 0. The van der Waals surface area contributed by atoms with Crippen LogP contribution in [0.25, 0.3) is 11.1 Å². The van der Waals surface area contributed by atoms with Crippen molar-refractivity contribution in [3.63, 3.8) is 0 Å². The molecule has 116 valence electrons. The van der Waals surface area contributed by atoms with Gasteiger partial charge in [0.1, 0.15) is 0 Å². The Morgan fingerprint density at radius 1 is 1.09 bits per heavy atom. The minimum atomic E-state index is -4.69. The van der Waals surface area contributed by atoms with Crippen molar-refractivity contribution in [2.24, 2.45) is 0 Å². The second-order valence-corrected chi connectivity index (χ2v) is 4.45. The zero-order valence-electron chi connectivity index (χ0n) is 11.2. The molecule has 0 bridgehead atoms. The van der Waals surface area contributed by atoms with Crippen LogP contribution < -0.4 is 4.74 Å². The van der Waals surface area contributed by atoms with Crippen molar-refractivity contribution in [3.05, 3.63) is 53.3 Å². The topological polar surface area (TPSA) is 46.5 Å². The van der Waals surface area contributed by atoms with Crippen LogP contribution in [0, 0.1) is 5.82 Å². The maximum Gasteiger partial charge on any atom is 0.416 e. The molecule has 0 saturated carbocycles. The first kappa shape index (κ1) is 15.8. The van der Waals surface area contributed by atoms with E-state index in [2.05, 4.69) is 0 Å². The van der Waals surface area contributed by atoms with Crippen molar-refractivity contribution in [1.82, 2.24) is 0 Å². The fourth-order valence-electron chi connectivity index (χ4n) is 1.92.